The van der Waals surface area contributed by atoms with E-state index in [9.17, 15) is 4.39 Å². The third-order valence-corrected chi connectivity index (χ3v) is 4.35. The summed E-state index contributed by atoms with van der Waals surface area (Å²) in [6.45, 7) is 3.67. The first-order valence-corrected chi connectivity index (χ1v) is 7.60. The van der Waals surface area contributed by atoms with Gasteiger partial charge in [0.2, 0.25) is 0 Å². The van der Waals surface area contributed by atoms with E-state index in [1.54, 1.807) is 12.1 Å². The molecule has 0 amide bonds. The summed E-state index contributed by atoms with van der Waals surface area (Å²) in [5, 5.41) is 4.03. The van der Waals surface area contributed by atoms with Crippen molar-refractivity contribution in [3.63, 3.8) is 0 Å². The van der Waals surface area contributed by atoms with Crippen molar-refractivity contribution in [2.24, 2.45) is 0 Å². The molecule has 110 valence electrons. The van der Waals surface area contributed by atoms with Gasteiger partial charge in [-0.3, -0.25) is 4.90 Å². The van der Waals surface area contributed by atoms with E-state index in [0.717, 1.165) is 13.1 Å². The van der Waals surface area contributed by atoms with E-state index in [2.05, 4.69) is 10.2 Å². The van der Waals surface area contributed by atoms with Gasteiger partial charge >= 0.3 is 0 Å². The number of nitrogens with zero attached hydrogens (tertiary/aromatic N) is 1. The summed E-state index contributed by atoms with van der Waals surface area (Å²) in [5.41, 5.74) is 0.590. The molecule has 3 nitrogen and oxygen atoms in total. The fourth-order valence-corrected chi connectivity index (χ4v) is 2.78. The quantitative estimate of drug-likeness (QED) is 0.903. The zero-order valence-electron chi connectivity index (χ0n) is 11.4. The van der Waals surface area contributed by atoms with Crippen molar-refractivity contribution >= 4 is 11.6 Å². The molecule has 0 spiro atoms. The average molecular weight is 299 g/mol. The van der Waals surface area contributed by atoms with Crippen LogP contribution >= 0.6 is 11.6 Å². The zero-order valence-corrected chi connectivity index (χ0v) is 12.2. The van der Waals surface area contributed by atoms with E-state index in [1.165, 1.54) is 18.9 Å². The van der Waals surface area contributed by atoms with Gasteiger partial charge in [-0.25, -0.2) is 4.39 Å². The van der Waals surface area contributed by atoms with E-state index >= 15 is 0 Å². The van der Waals surface area contributed by atoms with Crippen LogP contribution in [0.25, 0.3) is 0 Å². The molecule has 1 aromatic rings. The van der Waals surface area contributed by atoms with E-state index < -0.39 is 0 Å². The third-order valence-electron chi connectivity index (χ3n) is 3.99. The Labute approximate surface area is 124 Å². The first kappa shape index (κ1) is 14.3. The predicted octanol–water partition coefficient (Wildman–Crippen LogP) is 2.43. The Morgan fingerprint density at radius 2 is 2.25 bits per heavy atom. The minimum absolute atomic E-state index is 0.224. The SMILES string of the molecule is Fc1cccc(Cl)c1CN1CCOCC1CNC1CC1. The summed E-state index contributed by atoms with van der Waals surface area (Å²) in [5.74, 6) is -0.224. The highest BCUT2D eigenvalue weighted by Crippen LogP contribution is 2.23. The molecule has 2 aliphatic rings. The molecule has 0 radical (unpaired) electrons. The molecular weight excluding hydrogens is 279 g/mol. The fourth-order valence-electron chi connectivity index (χ4n) is 2.56. The first-order chi connectivity index (χ1) is 9.74. The van der Waals surface area contributed by atoms with Crippen molar-refractivity contribution in [1.29, 1.82) is 0 Å². The Hall–Kier alpha value is -0.680. The summed E-state index contributed by atoms with van der Waals surface area (Å²) in [6.07, 6.45) is 2.54. The fraction of sp³-hybridized carbons (Fsp3) is 0.600. The second-order valence-corrected chi connectivity index (χ2v) is 5.99. The van der Waals surface area contributed by atoms with Gasteiger partial charge in [0.25, 0.3) is 0 Å². The zero-order chi connectivity index (χ0) is 13.9. The van der Waals surface area contributed by atoms with E-state index in [-0.39, 0.29) is 5.82 Å². The molecule has 2 fully saturated rings. The molecule has 0 aromatic heterocycles. The topological polar surface area (TPSA) is 24.5 Å². The lowest BCUT2D eigenvalue weighted by Gasteiger charge is -2.36. The lowest BCUT2D eigenvalue weighted by Crippen LogP contribution is -2.50. The van der Waals surface area contributed by atoms with Crippen molar-refractivity contribution in [2.45, 2.75) is 31.5 Å². The van der Waals surface area contributed by atoms with Gasteiger partial charge < -0.3 is 10.1 Å². The summed E-state index contributed by atoms with van der Waals surface area (Å²) in [6, 6.07) is 5.83. The van der Waals surface area contributed by atoms with Gasteiger partial charge in [-0.2, -0.15) is 0 Å². The van der Waals surface area contributed by atoms with Gasteiger partial charge in [-0.15, -0.1) is 0 Å². The van der Waals surface area contributed by atoms with Gasteiger partial charge in [0.1, 0.15) is 5.82 Å². The second-order valence-electron chi connectivity index (χ2n) is 5.58. The third kappa shape index (κ3) is 3.50. The van der Waals surface area contributed by atoms with Crippen LogP contribution in [0, 0.1) is 5.82 Å². The van der Waals surface area contributed by atoms with Crippen LogP contribution in [0.2, 0.25) is 5.02 Å². The Morgan fingerprint density at radius 3 is 3.00 bits per heavy atom. The maximum atomic E-state index is 13.9. The van der Waals surface area contributed by atoms with Gasteiger partial charge in [0, 0.05) is 42.3 Å². The number of ether oxygens (including phenoxy) is 1. The number of benzene rings is 1. The van der Waals surface area contributed by atoms with Crippen LogP contribution in [0.4, 0.5) is 4.39 Å². The second kappa shape index (κ2) is 6.39. The highest BCUT2D eigenvalue weighted by molar-refractivity contribution is 6.31. The van der Waals surface area contributed by atoms with Crippen LogP contribution < -0.4 is 5.32 Å². The first-order valence-electron chi connectivity index (χ1n) is 7.22. The smallest absolute Gasteiger partial charge is 0.129 e. The van der Waals surface area contributed by atoms with E-state index in [4.69, 9.17) is 16.3 Å². The van der Waals surface area contributed by atoms with Crippen molar-refractivity contribution in [1.82, 2.24) is 10.2 Å². The number of halogens is 2. The average Bonchev–Trinajstić information content (AvgIpc) is 3.26. The van der Waals surface area contributed by atoms with Crippen LogP contribution in [0.3, 0.4) is 0 Å². The summed E-state index contributed by atoms with van der Waals surface area (Å²) in [4.78, 5) is 2.27. The summed E-state index contributed by atoms with van der Waals surface area (Å²) < 4.78 is 19.5. The van der Waals surface area contributed by atoms with Crippen LogP contribution in [-0.4, -0.2) is 43.3 Å². The maximum absolute atomic E-state index is 13.9. The van der Waals surface area contributed by atoms with Crippen molar-refractivity contribution in [3.8, 4) is 0 Å². The molecule has 5 heteroatoms. The molecule has 20 heavy (non-hydrogen) atoms. The summed E-state index contributed by atoms with van der Waals surface area (Å²) >= 11 is 6.12. The van der Waals surface area contributed by atoms with Crippen LogP contribution in [0.5, 0.6) is 0 Å². The monoisotopic (exact) mass is 298 g/mol. The highest BCUT2D eigenvalue weighted by Gasteiger charge is 2.27. The predicted molar refractivity (Wildman–Crippen MR) is 77.5 cm³/mol. The highest BCUT2D eigenvalue weighted by atomic mass is 35.5. The minimum Gasteiger partial charge on any atom is -0.378 e. The van der Waals surface area contributed by atoms with Crippen LogP contribution in [0.1, 0.15) is 18.4 Å². The molecule has 1 N–H and O–H groups in total. The molecule has 1 aliphatic carbocycles. The molecule has 1 unspecified atom stereocenters. The number of morpholine rings is 1. The van der Waals surface area contributed by atoms with Gasteiger partial charge in [0.05, 0.1) is 13.2 Å². The number of nitrogens with one attached hydrogen (secondary N) is 1. The maximum Gasteiger partial charge on any atom is 0.129 e. The van der Waals surface area contributed by atoms with Crippen molar-refractivity contribution < 1.29 is 9.13 Å². The number of hydrogen-bond acceptors (Lipinski definition) is 3. The van der Waals surface area contributed by atoms with Gasteiger partial charge in [-0.05, 0) is 25.0 Å². The van der Waals surface area contributed by atoms with Gasteiger partial charge in [0.15, 0.2) is 0 Å². The standard InChI is InChI=1S/C15H20ClFN2O/c16-14-2-1-3-15(17)13(14)9-19-6-7-20-10-12(19)8-18-11-4-5-11/h1-3,11-12,18H,4-10H2. The largest absolute Gasteiger partial charge is 0.378 e. The molecule has 1 saturated heterocycles. The molecule has 1 atom stereocenters. The Kier molecular flexibility index (Phi) is 4.56. The normalized spacial score (nSPS) is 24.0. The Balaban J connectivity index is 1.66. The molecule has 1 aliphatic heterocycles. The lowest BCUT2D eigenvalue weighted by molar-refractivity contribution is -0.0114. The molecule has 3 rings (SSSR count). The van der Waals surface area contributed by atoms with Crippen LogP contribution in [-0.2, 0) is 11.3 Å². The van der Waals surface area contributed by atoms with E-state index in [0.29, 0.717) is 42.4 Å². The Bertz CT molecular complexity index is 447. The minimum atomic E-state index is -0.224. The lowest BCUT2D eigenvalue weighted by atomic mass is 10.1. The molecule has 1 heterocycles. The van der Waals surface area contributed by atoms with Gasteiger partial charge in [-0.1, -0.05) is 17.7 Å². The van der Waals surface area contributed by atoms with Crippen molar-refractivity contribution in [2.75, 3.05) is 26.3 Å². The summed E-state index contributed by atoms with van der Waals surface area (Å²) in [7, 11) is 0. The molecule has 1 saturated carbocycles. The number of hydrogen-bond donors (Lipinski definition) is 1. The number of rotatable bonds is 5. The molecule has 0 bridgehead atoms. The molecular formula is C15H20ClFN2O. The molecule has 1 aromatic carbocycles. The van der Waals surface area contributed by atoms with Crippen LogP contribution in [0.15, 0.2) is 18.2 Å². The Morgan fingerprint density at radius 1 is 1.40 bits per heavy atom. The van der Waals surface area contributed by atoms with Crippen molar-refractivity contribution in [3.05, 3.63) is 34.6 Å². The van der Waals surface area contributed by atoms with E-state index in [1.807, 2.05) is 0 Å².